The van der Waals surface area contributed by atoms with Crippen molar-refractivity contribution in [1.29, 1.82) is 0 Å². The van der Waals surface area contributed by atoms with E-state index in [2.05, 4.69) is 23.7 Å². The molecule has 0 aromatic heterocycles. The summed E-state index contributed by atoms with van der Waals surface area (Å²) in [4.78, 5) is 19.6. The van der Waals surface area contributed by atoms with Gasteiger partial charge in [-0.3, -0.25) is 18.8 Å². The fourth-order valence-corrected chi connectivity index (χ4v) is 5.05. The van der Waals surface area contributed by atoms with Crippen LogP contribution in [0.3, 0.4) is 0 Å². The maximum absolute atomic E-state index is 12.0. The van der Waals surface area contributed by atoms with Gasteiger partial charge in [-0.1, -0.05) is 84.3 Å². The van der Waals surface area contributed by atoms with Crippen molar-refractivity contribution in [3.8, 4) is 46.3 Å². The Bertz CT molecular complexity index is 1520. The maximum atomic E-state index is 12.0. The number of hydrogen-bond donors (Lipinski definition) is 2. The highest BCUT2D eigenvalue weighted by molar-refractivity contribution is 7.48. The topological polar surface area (TPSA) is 112 Å². The Balaban J connectivity index is 1.19. The van der Waals surface area contributed by atoms with Gasteiger partial charge in [0.2, 0.25) is 0 Å². The average molecular weight is 603 g/mol. The SMILES string of the molecule is O=P(O)(OCCC#Cc1ccc(-c2ccc(C#CCCOP(=O)(O)Oc3ccccc3)cc2)cc1)Oc1ccccc1. The van der Waals surface area contributed by atoms with Gasteiger partial charge in [-0.15, -0.1) is 0 Å². The second-order valence-corrected chi connectivity index (χ2v) is 11.4. The van der Waals surface area contributed by atoms with E-state index in [-0.39, 0.29) is 37.6 Å². The van der Waals surface area contributed by atoms with Gasteiger partial charge in [0.15, 0.2) is 0 Å². The van der Waals surface area contributed by atoms with Gasteiger partial charge in [-0.25, -0.2) is 9.13 Å². The number of phosphoric acid groups is 2. The van der Waals surface area contributed by atoms with E-state index in [1.54, 1.807) is 60.7 Å². The Morgan fingerprint density at radius 1 is 0.524 bits per heavy atom. The number of rotatable bonds is 11. The molecule has 0 saturated heterocycles. The fraction of sp³-hybridized carbons (Fsp3) is 0.125. The molecule has 2 N–H and O–H groups in total. The lowest BCUT2D eigenvalue weighted by atomic mass is 10.0. The zero-order valence-electron chi connectivity index (χ0n) is 22.5. The smallest absolute Gasteiger partial charge is 0.404 e. The monoisotopic (exact) mass is 602 g/mol. The van der Waals surface area contributed by atoms with Crippen molar-refractivity contribution in [3.05, 3.63) is 120 Å². The van der Waals surface area contributed by atoms with Crippen LogP contribution >= 0.6 is 15.6 Å². The summed E-state index contributed by atoms with van der Waals surface area (Å²) in [6, 6.07) is 32.0. The molecule has 0 aliphatic carbocycles. The zero-order chi connectivity index (χ0) is 29.7. The Hall–Kier alpha value is -4.10. The van der Waals surface area contributed by atoms with Crippen LogP contribution < -0.4 is 9.05 Å². The van der Waals surface area contributed by atoms with Crippen molar-refractivity contribution in [3.63, 3.8) is 0 Å². The molecule has 0 aliphatic heterocycles. The third-order valence-electron chi connectivity index (χ3n) is 5.46. The third kappa shape index (κ3) is 10.7. The van der Waals surface area contributed by atoms with E-state index >= 15 is 0 Å². The molecule has 2 unspecified atom stereocenters. The molecule has 4 aromatic carbocycles. The second-order valence-electron chi connectivity index (χ2n) is 8.67. The van der Waals surface area contributed by atoms with Gasteiger partial charge in [0.05, 0.1) is 13.2 Å². The lowest BCUT2D eigenvalue weighted by Crippen LogP contribution is -1.98. The lowest BCUT2D eigenvalue weighted by molar-refractivity contribution is 0.206. The minimum absolute atomic E-state index is 0.0428. The highest BCUT2D eigenvalue weighted by Gasteiger charge is 2.23. The molecule has 2 atom stereocenters. The van der Waals surface area contributed by atoms with Crippen LogP contribution in [-0.4, -0.2) is 23.0 Å². The number of para-hydroxylation sites is 2. The second kappa shape index (κ2) is 15.2. The number of benzene rings is 4. The molecule has 10 heteroatoms. The summed E-state index contributed by atoms with van der Waals surface area (Å²) in [5.41, 5.74) is 3.62. The fourth-order valence-electron chi connectivity index (χ4n) is 3.53. The minimum Gasteiger partial charge on any atom is -0.404 e. The summed E-state index contributed by atoms with van der Waals surface area (Å²) < 4.78 is 43.9. The predicted octanol–water partition coefficient (Wildman–Crippen LogP) is 7.23. The first-order chi connectivity index (χ1) is 20.3. The molecule has 0 amide bonds. The Morgan fingerprint density at radius 2 is 0.881 bits per heavy atom. The van der Waals surface area contributed by atoms with E-state index in [0.29, 0.717) is 0 Å². The molecule has 0 aliphatic rings. The summed E-state index contributed by atoms with van der Waals surface area (Å²) in [6.45, 7) is -0.0856. The average Bonchev–Trinajstić information content (AvgIpc) is 2.98. The maximum Gasteiger partial charge on any atom is 0.527 e. The van der Waals surface area contributed by atoms with Gasteiger partial charge in [0.25, 0.3) is 0 Å². The molecule has 0 heterocycles. The first-order valence-corrected chi connectivity index (χ1v) is 15.9. The molecular weight excluding hydrogens is 574 g/mol. The van der Waals surface area contributed by atoms with Crippen molar-refractivity contribution in [1.82, 2.24) is 0 Å². The molecule has 0 fully saturated rings. The minimum atomic E-state index is -4.20. The van der Waals surface area contributed by atoms with Crippen LogP contribution in [-0.2, 0) is 18.2 Å². The van der Waals surface area contributed by atoms with Gasteiger partial charge >= 0.3 is 15.6 Å². The molecule has 0 radical (unpaired) electrons. The zero-order valence-corrected chi connectivity index (χ0v) is 24.2. The molecule has 8 nitrogen and oxygen atoms in total. The Kier molecular flexibility index (Phi) is 11.2. The van der Waals surface area contributed by atoms with E-state index in [0.717, 1.165) is 22.3 Å². The van der Waals surface area contributed by atoms with E-state index in [4.69, 9.17) is 18.1 Å². The molecule has 42 heavy (non-hydrogen) atoms. The van der Waals surface area contributed by atoms with Gasteiger partial charge in [-0.2, -0.15) is 0 Å². The van der Waals surface area contributed by atoms with Crippen LogP contribution in [0, 0.1) is 23.7 Å². The summed E-state index contributed by atoms with van der Waals surface area (Å²) in [7, 11) is -8.41. The van der Waals surface area contributed by atoms with Gasteiger partial charge < -0.3 is 9.05 Å². The van der Waals surface area contributed by atoms with Crippen LogP contribution in [0.5, 0.6) is 11.5 Å². The summed E-state index contributed by atoms with van der Waals surface area (Å²) in [5, 5.41) is 0. The molecule has 0 bridgehead atoms. The number of phosphoric ester groups is 2. The summed E-state index contributed by atoms with van der Waals surface area (Å²) in [6.07, 6.45) is 0.527. The molecule has 4 aromatic rings. The van der Waals surface area contributed by atoms with Crippen LogP contribution in [0.2, 0.25) is 0 Å². The number of hydrogen-bond acceptors (Lipinski definition) is 6. The van der Waals surface area contributed by atoms with E-state index in [9.17, 15) is 18.9 Å². The highest BCUT2D eigenvalue weighted by atomic mass is 31.2. The van der Waals surface area contributed by atoms with Crippen molar-refractivity contribution in [2.45, 2.75) is 12.8 Å². The quantitative estimate of drug-likeness (QED) is 0.105. The lowest BCUT2D eigenvalue weighted by Gasteiger charge is -2.11. The molecule has 4 rings (SSSR count). The van der Waals surface area contributed by atoms with Gasteiger partial charge in [0.1, 0.15) is 11.5 Å². The predicted molar refractivity (Wildman–Crippen MR) is 161 cm³/mol. The standard InChI is InChI=1S/C32H28O8P2/c33-41(34,39-31-13-3-1-4-14-31)37-25-9-7-11-27-17-21-29(22-18-27)30-23-19-28(20-24-30)12-8-10-26-38-42(35,36)40-32-15-5-2-6-16-32/h1-6,13-24H,9-10,25-26H2,(H,33,34)(H,35,36). The normalized spacial score (nSPS) is 13.3. The highest BCUT2D eigenvalue weighted by Crippen LogP contribution is 2.44. The van der Waals surface area contributed by atoms with Crippen molar-refractivity contribution >= 4 is 15.6 Å². The first-order valence-electron chi connectivity index (χ1n) is 12.9. The summed E-state index contributed by atoms with van der Waals surface area (Å²) in [5.74, 6) is 12.4. The van der Waals surface area contributed by atoms with Crippen LogP contribution in [0.1, 0.15) is 24.0 Å². The molecule has 214 valence electrons. The Labute approximate surface area is 245 Å². The van der Waals surface area contributed by atoms with Gasteiger partial charge in [0, 0.05) is 24.0 Å². The largest absolute Gasteiger partial charge is 0.527 e. The third-order valence-corrected chi connectivity index (χ3v) is 7.36. The van der Waals surface area contributed by atoms with Gasteiger partial charge in [-0.05, 0) is 59.7 Å². The molecule has 0 saturated carbocycles. The molecular formula is C32H28O8P2. The van der Waals surface area contributed by atoms with E-state index in [1.807, 2.05) is 48.5 Å². The molecule has 0 spiro atoms. The van der Waals surface area contributed by atoms with E-state index in [1.165, 1.54) is 0 Å². The summed E-state index contributed by atoms with van der Waals surface area (Å²) >= 11 is 0. The van der Waals surface area contributed by atoms with Crippen LogP contribution in [0.4, 0.5) is 0 Å². The first kappa shape index (κ1) is 30.8. The van der Waals surface area contributed by atoms with E-state index < -0.39 is 15.6 Å². The van der Waals surface area contributed by atoms with Crippen molar-refractivity contribution in [2.24, 2.45) is 0 Å². The Morgan fingerprint density at radius 3 is 1.24 bits per heavy atom. The van der Waals surface area contributed by atoms with Crippen molar-refractivity contribution < 1.29 is 37.0 Å². The van der Waals surface area contributed by atoms with Crippen molar-refractivity contribution in [2.75, 3.05) is 13.2 Å². The van der Waals surface area contributed by atoms with Crippen LogP contribution in [0.15, 0.2) is 109 Å². The van der Waals surface area contributed by atoms with Crippen LogP contribution in [0.25, 0.3) is 11.1 Å².